The van der Waals surface area contributed by atoms with Crippen molar-refractivity contribution in [3.05, 3.63) is 102 Å². The van der Waals surface area contributed by atoms with Gasteiger partial charge in [0.2, 0.25) is 0 Å². The molecule has 0 aliphatic carbocycles. The molecule has 0 atom stereocenters. The highest BCUT2D eigenvalue weighted by molar-refractivity contribution is 7.14. The molecule has 2 aromatic carbocycles. The topological polar surface area (TPSA) is 55.6 Å². The average molecular weight is 424 g/mol. The number of rotatable bonds is 6. The van der Waals surface area contributed by atoms with E-state index in [1.165, 1.54) is 11.1 Å². The number of aromatic nitrogens is 4. The van der Waals surface area contributed by atoms with E-state index in [-0.39, 0.29) is 0 Å². The summed E-state index contributed by atoms with van der Waals surface area (Å²) < 4.78 is 1.94. The van der Waals surface area contributed by atoms with Crippen molar-refractivity contribution >= 4 is 22.2 Å². The summed E-state index contributed by atoms with van der Waals surface area (Å²) in [7, 11) is 0. The molecule has 31 heavy (non-hydrogen) atoms. The fourth-order valence-electron chi connectivity index (χ4n) is 3.41. The van der Waals surface area contributed by atoms with Gasteiger partial charge in [0.05, 0.1) is 24.1 Å². The van der Waals surface area contributed by atoms with Gasteiger partial charge < -0.3 is 5.32 Å². The van der Waals surface area contributed by atoms with Gasteiger partial charge in [-0.3, -0.25) is 9.67 Å². The summed E-state index contributed by atoms with van der Waals surface area (Å²) in [5, 5.41) is 10.8. The Labute approximate surface area is 185 Å². The Morgan fingerprint density at radius 1 is 0.935 bits per heavy atom. The Morgan fingerprint density at radius 2 is 1.84 bits per heavy atom. The highest BCUT2D eigenvalue weighted by Crippen LogP contribution is 2.29. The molecular weight excluding hydrogens is 402 g/mol. The second-order valence-electron chi connectivity index (χ2n) is 7.37. The molecule has 3 aromatic heterocycles. The molecule has 152 valence electrons. The Hall–Kier alpha value is -3.77. The van der Waals surface area contributed by atoms with E-state index in [9.17, 15) is 0 Å². The lowest BCUT2D eigenvalue weighted by Gasteiger charge is -2.03. The maximum atomic E-state index is 4.76. The van der Waals surface area contributed by atoms with Gasteiger partial charge in [-0.25, -0.2) is 4.98 Å². The van der Waals surface area contributed by atoms with E-state index in [0.717, 1.165) is 39.9 Å². The minimum absolute atomic E-state index is 0.737. The van der Waals surface area contributed by atoms with Gasteiger partial charge in [-0.2, -0.15) is 5.10 Å². The van der Waals surface area contributed by atoms with E-state index in [1.54, 1.807) is 11.3 Å². The summed E-state index contributed by atoms with van der Waals surface area (Å²) in [6.45, 7) is 2.82. The van der Waals surface area contributed by atoms with Gasteiger partial charge in [0, 0.05) is 34.6 Å². The van der Waals surface area contributed by atoms with E-state index in [4.69, 9.17) is 4.98 Å². The van der Waals surface area contributed by atoms with Gasteiger partial charge in [-0.05, 0) is 42.3 Å². The molecule has 0 amide bonds. The van der Waals surface area contributed by atoms with Gasteiger partial charge in [0.25, 0.3) is 0 Å². The molecule has 0 aliphatic rings. The summed E-state index contributed by atoms with van der Waals surface area (Å²) >= 11 is 1.59. The number of nitrogens with zero attached hydrogens (tertiary/aromatic N) is 4. The van der Waals surface area contributed by atoms with Crippen LogP contribution in [0.3, 0.4) is 0 Å². The molecule has 5 rings (SSSR count). The Kier molecular flexibility index (Phi) is 5.29. The minimum atomic E-state index is 0.737. The molecule has 0 spiro atoms. The second-order valence-corrected chi connectivity index (χ2v) is 8.23. The van der Waals surface area contributed by atoms with Crippen molar-refractivity contribution in [2.45, 2.75) is 13.5 Å². The van der Waals surface area contributed by atoms with E-state index in [2.05, 4.69) is 58.0 Å². The first kappa shape index (κ1) is 19.2. The van der Waals surface area contributed by atoms with Crippen LogP contribution in [-0.4, -0.2) is 19.7 Å². The fourth-order valence-corrected chi connectivity index (χ4v) is 4.15. The van der Waals surface area contributed by atoms with Gasteiger partial charge in [-0.15, -0.1) is 11.3 Å². The molecule has 0 bridgehead atoms. The van der Waals surface area contributed by atoms with Crippen LogP contribution in [0.1, 0.15) is 11.1 Å². The summed E-state index contributed by atoms with van der Waals surface area (Å²) in [6, 6.07) is 22.6. The van der Waals surface area contributed by atoms with Crippen LogP contribution < -0.4 is 5.32 Å². The molecule has 0 unspecified atom stereocenters. The number of hydrogen-bond donors (Lipinski definition) is 1. The average Bonchev–Trinajstić information content (AvgIpc) is 3.45. The normalized spacial score (nSPS) is 10.9. The van der Waals surface area contributed by atoms with E-state index in [1.807, 2.05) is 59.7 Å². The lowest BCUT2D eigenvalue weighted by Crippen LogP contribution is -1.99. The quantitative estimate of drug-likeness (QED) is 0.355. The molecule has 0 fully saturated rings. The van der Waals surface area contributed by atoms with Crippen molar-refractivity contribution in [3.8, 4) is 22.5 Å². The predicted octanol–water partition coefficient (Wildman–Crippen LogP) is 6.17. The highest BCUT2D eigenvalue weighted by Gasteiger charge is 2.09. The molecular formula is C25H21N5S. The van der Waals surface area contributed by atoms with Crippen LogP contribution in [0.15, 0.2) is 90.7 Å². The first-order valence-electron chi connectivity index (χ1n) is 10.1. The Balaban J connectivity index is 1.34. The van der Waals surface area contributed by atoms with E-state index >= 15 is 0 Å². The van der Waals surface area contributed by atoms with Crippen LogP contribution in [0.5, 0.6) is 0 Å². The number of hydrogen-bond acceptors (Lipinski definition) is 5. The van der Waals surface area contributed by atoms with Gasteiger partial charge in [0.1, 0.15) is 0 Å². The van der Waals surface area contributed by atoms with Crippen molar-refractivity contribution in [1.82, 2.24) is 19.7 Å². The molecule has 1 N–H and O–H groups in total. The molecule has 5 aromatic rings. The SMILES string of the molecule is Cc1cccc(Nc2nc(-c3ccnc(-c4cnn(Cc5ccccc5)c4)c3)cs2)c1. The zero-order valence-electron chi connectivity index (χ0n) is 17.1. The maximum absolute atomic E-state index is 4.76. The first-order valence-corrected chi connectivity index (χ1v) is 10.9. The van der Waals surface area contributed by atoms with Crippen molar-refractivity contribution < 1.29 is 0 Å². The third-order valence-corrected chi connectivity index (χ3v) is 5.70. The summed E-state index contributed by atoms with van der Waals surface area (Å²) in [6.07, 6.45) is 5.72. The summed E-state index contributed by atoms with van der Waals surface area (Å²) in [5.41, 5.74) is 7.32. The molecule has 0 aliphatic heterocycles. The number of pyridine rings is 1. The summed E-state index contributed by atoms with van der Waals surface area (Å²) in [5.74, 6) is 0. The third kappa shape index (κ3) is 4.54. The van der Waals surface area contributed by atoms with Crippen molar-refractivity contribution in [2.75, 3.05) is 5.32 Å². The van der Waals surface area contributed by atoms with E-state index < -0.39 is 0 Å². The lowest BCUT2D eigenvalue weighted by atomic mass is 10.1. The van der Waals surface area contributed by atoms with Crippen LogP contribution >= 0.6 is 11.3 Å². The zero-order valence-corrected chi connectivity index (χ0v) is 17.9. The molecule has 3 heterocycles. The van der Waals surface area contributed by atoms with Crippen LogP contribution in [0.2, 0.25) is 0 Å². The number of nitrogens with one attached hydrogen (secondary N) is 1. The highest BCUT2D eigenvalue weighted by atomic mass is 32.1. The molecule has 6 heteroatoms. The van der Waals surface area contributed by atoms with Gasteiger partial charge in [0.15, 0.2) is 5.13 Å². The lowest BCUT2D eigenvalue weighted by molar-refractivity contribution is 0.687. The smallest absolute Gasteiger partial charge is 0.187 e. The maximum Gasteiger partial charge on any atom is 0.187 e. The number of thiazole rings is 1. The zero-order chi connectivity index (χ0) is 21.0. The van der Waals surface area contributed by atoms with E-state index in [0.29, 0.717) is 0 Å². The summed E-state index contributed by atoms with van der Waals surface area (Å²) in [4.78, 5) is 9.31. The number of benzene rings is 2. The molecule has 0 saturated heterocycles. The first-order chi connectivity index (χ1) is 15.2. The Bertz CT molecular complexity index is 1310. The van der Waals surface area contributed by atoms with Crippen LogP contribution in [0.25, 0.3) is 22.5 Å². The monoisotopic (exact) mass is 423 g/mol. The molecule has 5 nitrogen and oxygen atoms in total. The van der Waals surface area contributed by atoms with Crippen LogP contribution in [0, 0.1) is 6.92 Å². The second kappa shape index (κ2) is 8.53. The van der Waals surface area contributed by atoms with Crippen LogP contribution in [0.4, 0.5) is 10.8 Å². The van der Waals surface area contributed by atoms with Gasteiger partial charge in [-0.1, -0.05) is 42.5 Å². The fraction of sp³-hybridized carbons (Fsp3) is 0.0800. The van der Waals surface area contributed by atoms with Crippen molar-refractivity contribution in [3.63, 3.8) is 0 Å². The van der Waals surface area contributed by atoms with Crippen molar-refractivity contribution in [2.24, 2.45) is 0 Å². The van der Waals surface area contributed by atoms with Crippen LogP contribution in [-0.2, 0) is 6.54 Å². The number of anilines is 2. The predicted molar refractivity (Wildman–Crippen MR) is 127 cm³/mol. The number of aryl methyl sites for hydroxylation is 1. The standard InChI is InChI=1S/C25H21N5S/c1-18-6-5-9-22(12-18)28-25-29-24(17-31-25)20-10-11-26-23(13-20)21-14-27-30(16-21)15-19-7-3-2-4-8-19/h2-14,16-17H,15H2,1H3,(H,28,29). The van der Waals surface area contributed by atoms with Gasteiger partial charge >= 0.3 is 0 Å². The minimum Gasteiger partial charge on any atom is -0.332 e. The Morgan fingerprint density at radius 3 is 2.71 bits per heavy atom. The van der Waals surface area contributed by atoms with Crippen molar-refractivity contribution in [1.29, 1.82) is 0 Å². The molecule has 0 radical (unpaired) electrons. The third-order valence-electron chi connectivity index (χ3n) is 4.95. The largest absolute Gasteiger partial charge is 0.332 e. The molecule has 0 saturated carbocycles.